The van der Waals surface area contributed by atoms with Gasteiger partial charge in [0.1, 0.15) is 0 Å². The van der Waals surface area contributed by atoms with Gasteiger partial charge in [-0.1, -0.05) is 62.8 Å². The molecule has 6 aliphatic carbocycles. The lowest BCUT2D eigenvalue weighted by atomic mass is 9.44. The zero-order valence-corrected chi connectivity index (χ0v) is 25.1. The average Bonchev–Trinajstić information content (AvgIpc) is 3.50. The van der Waals surface area contributed by atoms with Gasteiger partial charge in [-0.05, 0) is 49.4 Å². The van der Waals surface area contributed by atoms with Crippen LogP contribution in [0.5, 0.6) is 0 Å². The fourth-order valence-corrected chi connectivity index (χ4v) is 12.0. The van der Waals surface area contributed by atoms with Crippen LogP contribution in [-0.2, 0) is 19.1 Å². The number of carbonyl (C=O) groups is 2. The lowest BCUT2D eigenvalue weighted by molar-refractivity contribution is -0.230. The second-order valence-corrected chi connectivity index (χ2v) is 24.7. The van der Waals surface area contributed by atoms with Crippen molar-refractivity contribution >= 4 is 28.1 Å². The Bertz CT molecular complexity index is 960. The molecule has 10 atom stereocenters. The standard InChI is InChI=1S/C28H44O6Si2/c1-33-23(29)27-17-15-26(32,12-10-14-36(6,7)8)22-19(17)20-18(28(22,27)24(30)34-2)16-25(31,21(20)27)11-9-13-35(3,4)5/h9-10,13-14,17-22,31-32H,11-12,15-16H2,1-8H3/b13-9+,14-10+. The Morgan fingerprint density at radius 2 is 1.08 bits per heavy atom. The third-order valence-corrected chi connectivity index (χ3v) is 13.0. The molecule has 0 aromatic rings. The van der Waals surface area contributed by atoms with Crippen LogP contribution in [0.1, 0.15) is 25.7 Å². The topological polar surface area (TPSA) is 93.1 Å². The summed E-state index contributed by atoms with van der Waals surface area (Å²) in [6.07, 6.45) is 6.10. The van der Waals surface area contributed by atoms with Crippen molar-refractivity contribution in [2.45, 2.75) is 76.2 Å². The van der Waals surface area contributed by atoms with Crippen molar-refractivity contribution in [3.8, 4) is 0 Å². The summed E-state index contributed by atoms with van der Waals surface area (Å²) in [6, 6.07) is 0. The minimum absolute atomic E-state index is 0.0264. The van der Waals surface area contributed by atoms with Crippen LogP contribution in [0.25, 0.3) is 0 Å². The first kappa shape index (κ1) is 26.4. The predicted molar refractivity (Wildman–Crippen MR) is 143 cm³/mol. The maximum absolute atomic E-state index is 13.9. The molecular formula is C28H44O6Si2. The van der Waals surface area contributed by atoms with Gasteiger partial charge in [0.05, 0.1) is 52.4 Å². The predicted octanol–water partition coefficient (Wildman–Crippen LogP) is 3.96. The first-order valence-corrected chi connectivity index (χ1v) is 20.7. The molecule has 0 heterocycles. The number of carbonyl (C=O) groups excluding carboxylic acids is 2. The molecule has 6 aliphatic rings. The van der Waals surface area contributed by atoms with Gasteiger partial charge in [-0.3, -0.25) is 9.59 Å². The van der Waals surface area contributed by atoms with Crippen LogP contribution in [0, 0.1) is 46.3 Å². The summed E-state index contributed by atoms with van der Waals surface area (Å²) in [5, 5.41) is 24.2. The second kappa shape index (κ2) is 7.67. The van der Waals surface area contributed by atoms with Gasteiger partial charge >= 0.3 is 11.9 Å². The third kappa shape index (κ3) is 2.96. The zero-order valence-electron chi connectivity index (χ0n) is 23.1. The highest BCUT2D eigenvalue weighted by molar-refractivity contribution is 6.81. The molecule has 0 aromatic heterocycles. The highest BCUT2D eigenvalue weighted by atomic mass is 28.3. The van der Waals surface area contributed by atoms with Gasteiger partial charge in [0, 0.05) is 11.8 Å². The van der Waals surface area contributed by atoms with Crippen molar-refractivity contribution in [2.24, 2.45) is 46.3 Å². The first-order valence-electron chi connectivity index (χ1n) is 13.5. The smallest absolute Gasteiger partial charge is 0.313 e. The highest BCUT2D eigenvalue weighted by Crippen LogP contribution is 2.95. The van der Waals surface area contributed by atoms with Crippen molar-refractivity contribution in [1.82, 2.24) is 0 Å². The Morgan fingerprint density at radius 3 is 1.36 bits per heavy atom. The van der Waals surface area contributed by atoms with Gasteiger partial charge in [0.25, 0.3) is 0 Å². The quantitative estimate of drug-likeness (QED) is 0.363. The number of methoxy groups -OCH3 is 2. The molecule has 36 heavy (non-hydrogen) atoms. The van der Waals surface area contributed by atoms with E-state index < -0.39 is 50.1 Å². The Labute approximate surface area is 217 Å². The first-order chi connectivity index (χ1) is 16.5. The summed E-state index contributed by atoms with van der Waals surface area (Å²) in [7, 11) is -0.113. The molecule has 2 N–H and O–H groups in total. The Balaban J connectivity index is 1.60. The Morgan fingerprint density at radius 1 is 0.750 bits per heavy atom. The Hall–Kier alpha value is -1.23. The minimum Gasteiger partial charge on any atom is -0.469 e. The molecule has 6 rings (SSSR count). The molecule has 0 amide bonds. The fourth-order valence-electron chi connectivity index (χ4n) is 10.3. The molecule has 6 nitrogen and oxygen atoms in total. The van der Waals surface area contributed by atoms with Crippen molar-refractivity contribution in [1.29, 1.82) is 0 Å². The normalized spacial score (nSPS) is 48.2. The summed E-state index contributed by atoms with van der Waals surface area (Å²) in [6.45, 7) is 13.5. The van der Waals surface area contributed by atoms with E-state index >= 15 is 0 Å². The molecule has 6 fully saturated rings. The van der Waals surface area contributed by atoms with Crippen molar-refractivity contribution in [2.75, 3.05) is 14.2 Å². The Kier molecular flexibility index (Phi) is 5.62. The summed E-state index contributed by atoms with van der Waals surface area (Å²) in [4.78, 5) is 27.7. The summed E-state index contributed by atoms with van der Waals surface area (Å²) < 4.78 is 10.9. The van der Waals surface area contributed by atoms with E-state index in [2.05, 4.69) is 62.8 Å². The van der Waals surface area contributed by atoms with Gasteiger partial charge in [-0.25, -0.2) is 0 Å². The minimum atomic E-state index is -1.45. The van der Waals surface area contributed by atoms with E-state index in [1.165, 1.54) is 14.2 Å². The second-order valence-electron chi connectivity index (χ2n) is 14.6. The molecule has 0 saturated heterocycles. The highest BCUT2D eigenvalue weighted by Gasteiger charge is 3.01. The molecular weight excluding hydrogens is 488 g/mol. The lowest BCUT2D eigenvalue weighted by Crippen LogP contribution is -2.69. The van der Waals surface area contributed by atoms with Crippen molar-refractivity contribution in [3.05, 3.63) is 23.6 Å². The average molecular weight is 533 g/mol. The van der Waals surface area contributed by atoms with Crippen LogP contribution in [0.3, 0.4) is 0 Å². The zero-order chi connectivity index (χ0) is 26.7. The number of hydrogen-bond donors (Lipinski definition) is 2. The number of hydrogen-bond acceptors (Lipinski definition) is 6. The van der Waals surface area contributed by atoms with E-state index in [1.807, 2.05) is 0 Å². The van der Waals surface area contributed by atoms with E-state index in [0.29, 0.717) is 25.7 Å². The molecule has 0 aliphatic heterocycles. The van der Waals surface area contributed by atoms with Crippen LogP contribution >= 0.6 is 0 Å². The molecule has 0 aromatic carbocycles. The largest absolute Gasteiger partial charge is 0.469 e. The van der Waals surface area contributed by atoms with Crippen LogP contribution in [0.15, 0.2) is 23.6 Å². The number of aliphatic hydroxyl groups is 2. The van der Waals surface area contributed by atoms with Crippen LogP contribution in [-0.4, -0.2) is 63.7 Å². The van der Waals surface area contributed by atoms with Gasteiger partial charge in [-0.2, -0.15) is 0 Å². The van der Waals surface area contributed by atoms with Crippen molar-refractivity contribution < 1.29 is 29.3 Å². The summed E-state index contributed by atoms with van der Waals surface area (Å²) in [5.74, 6) is -1.80. The van der Waals surface area contributed by atoms with E-state index in [4.69, 9.17) is 9.47 Å². The lowest BCUT2D eigenvalue weighted by Gasteiger charge is -2.58. The summed E-state index contributed by atoms with van der Waals surface area (Å²) in [5.41, 5.74) is 0.125. The molecule has 0 spiro atoms. The van der Waals surface area contributed by atoms with Gasteiger partial charge < -0.3 is 19.7 Å². The molecule has 200 valence electrons. The summed E-state index contributed by atoms with van der Waals surface area (Å²) >= 11 is 0. The molecule has 8 heteroatoms. The van der Waals surface area contributed by atoms with Gasteiger partial charge in [-0.15, -0.1) is 0 Å². The number of esters is 2. The van der Waals surface area contributed by atoms with E-state index in [0.717, 1.165) is 0 Å². The molecule has 10 unspecified atom stereocenters. The van der Waals surface area contributed by atoms with Crippen LogP contribution in [0.2, 0.25) is 39.3 Å². The van der Waals surface area contributed by atoms with Crippen LogP contribution < -0.4 is 0 Å². The molecule has 6 saturated carbocycles. The molecule has 0 radical (unpaired) electrons. The monoisotopic (exact) mass is 532 g/mol. The van der Waals surface area contributed by atoms with E-state index in [-0.39, 0.29) is 35.5 Å². The van der Waals surface area contributed by atoms with Crippen LogP contribution in [0.4, 0.5) is 0 Å². The number of rotatable bonds is 8. The fraction of sp³-hybridized carbons (Fsp3) is 0.786. The maximum Gasteiger partial charge on any atom is 0.313 e. The SMILES string of the molecule is COC(=O)C12C3CC(O)(C/C=C/[Si](C)(C)C)C4C3C3C(CC(O)(C/C=C/[Si](C)(C)C)C31)C42C(=O)OC. The molecule has 8 bridgehead atoms. The van der Waals surface area contributed by atoms with Gasteiger partial charge in [0.2, 0.25) is 0 Å². The van der Waals surface area contributed by atoms with E-state index in [1.54, 1.807) is 0 Å². The maximum atomic E-state index is 13.9. The third-order valence-electron chi connectivity index (χ3n) is 10.5. The van der Waals surface area contributed by atoms with E-state index in [9.17, 15) is 19.8 Å². The number of ether oxygens (including phenoxy) is 2. The van der Waals surface area contributed by atoms with Crippen molar-refractivity contribution in [3.63, 3.8) is 0 Å². The van der Waals surface area contributed by atoms with Gasteiger partial charge in [0.15, 0.2) is 0 Å².